The van der Waals surface area contributed by atoms with Gasteiger partial charge in [-0.2, -0.15) is 0 Å². The van der Waals surface area contributed by atoms with Crippen molar-refractivity contribution in [2.24, 2.45) is 0 Å². The predicted molar refractivity (Wildman–Crippen MR) is 53.2 cm³/mol. The fraction of sp³-hybridized carbons (Fsp3) is 0.750. The van der Waals surface area contributed by atoms with Gasteiger partial charge in [0.15, 0.2) is 0 Å². The summed E-state index contributed by atoms with van der Waals surface area (Å²) in [5.74, 6) is 0. The number of likely N-dealkylation sites (N-methyl/N-ethyl adjacent to an activating group) is 1. The smallest absolute Gasteiger partial charge is 0.385 e. The molecule has 0 aromatic heterocycles. The van der Waals surface area contributed by atoms with Crippen LogP contribution in [0, 0.1) is 0 Å². The van der Waals surface area contributed by atoms with Crippen molar-refractivity contribution in [1.82, 2.24) is 4.57 Å². The van der Waals surface area contributed by atoms with Gasteiger partial charge in [-0.15, -0.1) is 6.58 Å². The maximum atomic E-state index is 5.49. The molecule has 0 rings (SSSR count). The summed E-state index contributed by atoms with van der Waals surface area (Å²) in [6, 6.07) is 0. The summed E-state index contributed by atoms with van der Waals surface area (Å²) >= 11 is 0. The largest absolute Gasteiger partial charge is 0.411 e. The Hall–Kier alpha value is -0.163. The van der Waals surface area contributed by atoms with Crippen molar-refractivity contribution in [3.8, 4) is 0 Å². The second kappa shape index (κ2) is 7.48. The van der Waals surface area contributed by atoms with E-state index in [1.807, 2.05) is 27.0 Å². The highest BCUT2D eigenvalue weighted by molar-refractivity contribution is 6.40. The van der Waals surface area contributed by atoms with Crippen molar-refractivity contribution < 1.29 is 8.85 Å². The molecule has 0 aliphatic rings. The second-order valence-electron chi connectivity index (χ2n) is 2.45. The minimum Gasteiger partial charge on any atom is -0.385 e. The third-order valence-electron chi connectivity index (χ3n) is 1.40. The fourth-order valence-corrected chi connectivity index (χ4v) is 2.37. The van der Waals surface area contributed by atoms with Crippen LogP contribution in [0.15, 0.2) is 12.7 Å². The molecule has 0 N–H and O–H groups in total. The average molecular weight is 189 g/mol. The van der Waals surface area contributed by atoms with Gasteiger partial charge in [0, 0.05) is 19.8 Å². The Kier molecular flexibility index (Phi) is 7.38. The zero-order valence-electron chi connectivity index (χ0n) is 8.25. The summed E-state index contributed by atoms with van der Waals surface area (Å²) in [5, 5.41) is 0. The van der Waals surface area contributed by atoms with Gasteiger partial charge in [-0.25, -0.2) is 0 Å². The Morgan fingerprint density at radius 1 is 1.33 bits per heavy atom. The van der Waals surface area contributed by atoms with Crippen LogP contribution >= 0.6 is 0 Å². The van der Waals surface area contributed by atoms with Gasteiger partial charge in [-0.1, -0.05) is 6.08 Å². The van der Waals surface area contributed by atoms with Crippen LogP contribution < -0.4 is 0 Å². The van der Waals surface area contributed by atoms with Crippen LogP contribution in [-0.2, 0) is 8.85 Å². The van der Waals surface area contributed by atoms with Crippen molar-refractivity contribution in [2.75, 3.05) is 26.8 Å². The van der Waals surface area contributed by atoms with E-state index in [-0.39, 0.29) is 0 Å². The molecule has 0 bridgehead atoms. The van der Waals surface area contributed by atoms with Crippen LogP contribution in [0.3, 0.4) is 0 Å². The summed E-state index contributed by atoms with van der Waals surface area (Å²) in [5.41, 5.74) is 0. The Balaban J connectivity index is 3.80. The van der Waals surface area contributed by atoms with E-state index in [1.165, 1.54) is 0 Å². The van der Waals surface area contributed by atoms with Crippen LogP contribution in [-0.4, -0.2) is 40.8 Å². The quantitative estimate of drug-likeness (QED) is 0.439. The normalized spacial score (nSPS) is 11.1. The van der Waals surface area contributed by atoms with E-state index < -0.39 is 9.45 Å². The van der Waals surface area contributed by atoms with Crippen molar-refractivity contribution in [3.05, 3.63) is 12.7 Å². The zero-order chi connectivity index (χ0) is 9.40. The first-order valence-corrected chi connectivity index (χ1v) is 5.76. The van der Waals surface area contributed by atoms with Gasteiger partial charge in [-0.3, -0.25) is 4.57 Å². The third-order valence-corrected chi connectivity index (χ3v) is 3.56. The molecule has 0 saturated heterocycles. The number of nitrogens with zero attached hydrogens (tertiary/aromatic N) is 1. The summed E-state index contributed by atoms with van der Waals surface area (Å²) in [6.45, 7) is 9.92. The standard InChI is InChI=1S/C8H19NO2Si/c1-5-8-9(4)12(10-6-2)11-7-3/h5,12H,1,6-8H2,2-4H3. The van der Waals surface area contributed by atoms with Gasteiger partial charge in [0.25, 0.3) is 0 Å². The van der Waals surface area contributed by atoms with E-state index >= 15 is 0 Å². The fourth-order valence-electron chi connectivity index (χ4n) is 0.877. The Labute approximate surface area is 76.9 Å². The molecule has 0 heterocycles. The lowest BCUT2D eigenvalue weighted by atomic mass is 10.6. The molecule has 0 aliphatic heterocycles. The molecule has 0 spiro atoms. The van der Waals surface area contributed by atoms with Crippen LogP contribution in [0.4, 0.5) is 0 Å². The summed E-state index contributed by atoms with van der Waals surface area (Å²) < 4.78 is 13.1. The molecule has 3 nitrogen and oxygen atoms in total. The summed E-state index contributed by atoms with van der Waals surface area (Å²) in [6.07, 6.45) is 1.86. The first-order chi connectivity index (χ1) is 5.76. The lowest BCUT2D eigenvalue weighted by Gasteiger charge is -2.23. The molecular formula is C8H19NO2Si. The molecule has 0 aromatic rings. The van der Waals surface area contributed by atoms with E-state index in [9.17, 15) is 0 Å². The minimum absolute atomic E-state index is 0.721. The van der Waals surface area contributed by atoms with E-state index in [2.05, 4.69) is 11.1 Å². The Morgan fingerprint density at radius 3 is 2.17 bits per heavy atom. The van der Waals surface area contributed by atoms with Gasteiger partial charge in [-0.05, 0) is 20.9 Å². The molecule has 0 aliphatic carbocycles. The van der Waals surface area contributed by atoms with Gasteiger partial charge < -0.3 is 8.85 Å². The SMILES string of the molecule is C=CCN(C)[SiH](OCC)OCC. The lowest BCUT2D eigenvalue weighted by Crippen LogP contribution is -2.41. The van der Waals surface area contributed by atoms with Crippen LogP contribution in [0.5, 0.6) is 0 Å². The first-order valence-electron chi connectivity index (χ1n) is 4.30. The van der Waals surface area contributed by atoms with Crippen molar-refractivity contribution in [1.29, 1.82) is 0 Å². The summed E-state index contributed by atoms with van der Waals surface area (Å²) in [4.78, 5) is 0. The van der Waals surface area contributed by atoms with Gasteiger partial charge in [0.1, 0.15) is 0 Å². The van der Waals surface area contributed by atoms with Gasteiger partial charge in [0.2, 0.25) is 0 Å². The highest BCUT2D eigenvalue weighted by Crippen LogP contribution is 1.95. The highest BCUT2D eigenvalue weighted by Gasteiger charge is 2.17. The Bertz CT molecular complexity index is 116. The first kappa shape index (κ1) is 11.8. The van der Waals surface area contributed by atoms with Gasteiger partial charge in [0.05, 0.1) is 0 Å². The average Bonchev–Trinajstić information content (AvgIpc) is 2.04. The Morgan fingerprint density at radius 2 is 1.83 bits per heavy atom. The second-order valence-corrected chi connectivity index (χ2v) is 4.61. The molecular weight excluding hydrogens is 170 g/mol. The maximum absolute atomic E-state index is 5.49. The summed E-state index contributed by atoms with van der Waals surface area (Å²) in [7, 11) is 0.420. The van der Waals surface area contributed by atoms with Crippen molar-refractivity contribution in [3.63, 3.8) is 0 Å². The predicted octanol–water partition coefficient (Wildman–Crippen LogP) is 0.894. The highest BCUT2D eigenvalue weighted by atomic mass is 28.3. The maximum Gasteiger partial charge on any atom is 0.411 e. The molecule has 12 heavy (non-hydrogen) atoms. The molecule has 0 fully saturated rings. The number of hydrogen-bond donors (Lipinski definition) is 0. The molecule has 0 saturated carbocycles. The van der Waals surface area contributed by atoms with Crippen molar-refractivity contribution in [2.45, 2.75) is 13.8 Å². The minimum atomic E-state index is -1.58. The molecule has 0 radical (unpaired) electrons. The zero-order valence-corrected chi connectivity index (χ0v) is 9.40. The van der Waals surface area contributed by atoms with E-state index in [0.29, 0.717) is 0 Å². The molecule has 0 atom stereocenters. The topological polar surface area (TPSA) is 21.7 Å². The molecule has 0 unspecified atom stereocenters. The lowest BCUT2D eigenvalue weighted by molar-refractivity contribution is 0.168. The van der Waals surface area contributed by atoms with Gasteiger partial charge >= 0.3 is 9.45 Å². The third kappa shape index (κ3) is 4.66. The number of rotatable bonds is 7. The van der Waals surface area contributed by atoms with E-state index in [0.717, 1.165) is 19.8 Å². The van der Waals surface area contributed by atoms with Crippen LogP contribution in [0.25, 0.3) is 0 Å². The van der Waals surface area contributed by atoms with Crippen molar-refractivity contribution >= 4 is 9.45 Å². The molecule has 0 aromatic carbocycles. The van der Waals surface area contributed by atoms with Crippen LogP contribution in [0.1, 0.15) is 13.8 Å². The monoisotopic (exact) mass is 189 g/mol. The number of hydrogen-bond acceptors (Lipinski definition) is 3. The van der Waals surface area contributed by atoms with E-state index in [4.69, 9.17) is 8.85 Å². The molecule has 72 valence electrons. The molecule has 4 heteroatoms. The molecule has 0 amide bonds. The van der Waals surface area contributed by atoms with Crippen LogP contribution in [0.2, 0.25) is 0 Å². The van der Waals surface area contributed by atoms with E-state index in [1.54, 1.807) is 0 Å².